The first-order valence-electron chi connectivity index (χ1n) is 2.24. The van der Waals surface area contributed by atoms with Crippen LogP contribution in [0.1, 0.15) is 13.8 Å². The molecule has 0 aliphatic carbocycles. The Kier molecular flexibility index (Phi) is 21.1. The smallest absolute Gasteiger partial charge is 0.750 e. The maximum atomic E-state index is 9.50. The fraction of sp³-hybridized carbons (Fsp3) is 0.750. The van der Waals surface area contributed by atoms with Crippen molar-refractivity contribution in [2.24, 2.45) is 5.92 Å². The summed E-state index contributed by atoms with van der Waals surface area (Å²) in [6, 6.07) is 0. The molecular weight excluding hydrogens is 167 g/mol. The molecule has 0 saturated carbocycles. The zero-order chi connectivity index (χ0) is 7.86. The Morgan fingerprint density at radius 3 is 1.70 bits per heavy atom. The predicted octanol–water partition coefficient (Wildman–Crippen LogP) is -2.82. The van der Waals surface area contributed by atoms with Crippen LogP contribution in [0.3, 0.4) is 0 Å². The molecule has 56 valence electrons. The summed E-state index contributed by atoms with van der Waals surface area (Å²) in [5.74, 6) is 0.204. The molecule has 1 atom stereocenters. The van der Waals surface area contributed by atoms with Gasteiger partial charge in [0.25, 0.3) is 0 Å². The van der Waals surface area contributed by atoms with Crippen LogP contribution in [0.2, 0.25) is 0 Å². The predicted molar refractivity (Wildman–Crippen MR) is 32.5 cm³/mol. The first-order chi connectivity index (χ1) is 4.00. The van der Waals surface area contributed by atoms with E-state index in [1.807, 2.05) is 13.8 Å². The summed E-state index contributed by atoms with van der Waals surface area (Å²) in [4.78, 5) is 9.50. The Labute approximate surface area is 84.8 Å². The van der Waals surface area contributed by atoms with Gasteiger partial charge >= 0.3 is 29.6 Å². The normalized spacial score (nSPS) is 10.5. The van der Waals surface area contributed by atoms with Crippen LogP contribution in [-0.2, 0) is 16.2 Å². The third-order valence-corrected chi connectivity index (χ3v) is 0.272. The maximum Gasteiger partial charge on any atom is 1.00 e. The molecule has 4 nitrogen and oxygen atoms in total. The van der Waals surface area contributed by atoms with E-state index < -0.39 is 11.4 Å². The molecule has 0 aliphatic heterocycles. The molecular formula is C4H9NaO4S. The summed E-state index contributed by atoms with van der Waals surface area (Å²) in [5.41, 5.74) is 0. The fourth-order valence-electron chi connectivity index (χ4n) is 0. The van der Waals surface area contributed by atoms with Crippen molar-refractivity contribution in [2.45, 2.75) is 13.8 Å². The molecule has 0 radical (unpaired) electrons. The Bertz CT molecular complexity index is 91.3. The average molecular weight is 176 g/mol. The second-order valence-corrected chi connectivity index (χ2v) is 2.03. The minimum Gasteiger partial charge on any atom is -0.750 e. The first-order valence-corrected chi connectivity index (χ1v) is 3.27. The van der Waals surface area contributed by atoms with Crippen LogP contribution in [0, 0.1) is 5.92 Å². The van der Waals surface area contributed by atoms with E-state index in [1.165, 1.54) is 0 Å². The van der Waals surface area contributed by atoms with Gasteiger partial charge in [0.1, 0.15) is 6.29 Å². The van der Waals surface area contributed by atoms with Crippen molar-refractivity contribution in [1.82, 2.24) is 0 Å². The van der Waals surface area contributed by atoms with Gasteiger partial charge in [-0.15, -0.1) is 0 Å². The van der Waals surface area contributed by atoms with E-state index in [2.05, 4.69) is 0 Å². The van der Waals surface area contributed by atoms with Crippen LogP contribution in [-0.4, -0.2) is 19.6 Å². The van der Waals surface area contributed by atoms with Crippen LogP contribution in [0.4, 0.5) is 0 Å². The van der Waals surface area contributed by atoms with Gasteiger partial charge in [-0.3, -0.25) is 0 Å². The molecule has 0 aromatic carbocycles. The van der Waals surface area contributed by atoms with E-state index in [9.17, 15) is 4.79 Å². The Balaban J connectivity index is -0.0000000910. The van der Waals surface area contributed by atoms with E-state index in [0.29, 0.717) is 0 Å². The zero-order valence-corrected chi connectivity index (χ0v) is 9.05. The topological polar surface area (TPSA) is 77.4 Å². The second kappa shape index (κ2) is 12.4. The number of carbonyl (C=O) groups is 1. The van der Waals surface area contributed by atoms with Gasteiger partial charge < -0.3 is 13.9 Å². The monoisotopic (exact) mass is 176 g/mol. The fourth-order valence-corrected chi connectivity index (χ4v) is 0. The summed E-state index contributed by atoms with van der Waals surface area (Å²) in [6.45, 7) is 3.71. The minimum absolute atomic E-state index is 0. The molecule has 0 amide bonds. The molecule has 1 unspecified atom stereocenters. The first kappa shape index (κ1) is 17.0. The molecule has 0 aliphatic rings. The van der Waals surface area contributed by atoms with Crippen LogP contribution in [0.15, 0.2) is 0 Å². The van der Waals surface area contributed by atoms with Gasteiger partial charge in [-0.25, -0.2) is 4.21 Å². The van der Waals surface area contributed by atoms with Crippen molar-refractivity contribution < 1.29 is 47.7 Å². The molecule has 0 fully saturated rings. The van der Waals surface area contributed by atoms with Gasteiger partial charge in [0.05, 0.1) is 11.4 Å². The van der Waals surface area contributed by atoms with Crippen molar-refractivity contribution in [2.75, 3.05) is 0 Å². The third-order valence-electron chi connectivity index (χ3n) is 0.272. The summed E-state index contributed by atoms with van der Waals surface area (Å²) < 4.78 is 24.1. The van der Waals surface area contributed by atoms with Gasteiger partial charge in [0.2, 0.25) is 0 Å². The van der Waals surface area contributed by atoms with Crippen LogP contribution in [0.5, 0.6) is 0 Å². The quantitative estimate of drug-likeness (QED) is 0.265. The molecule has 0 bridgehead atoms. The van der Waals surface area contributed by atoms with Gasteiger partial charge in [-0.1, -0.05) is 13.8 Å². The van der Waals surface area contributed by atoms with E-state index in [0.717, 1.165) is 6.29 Å². The Morgan fingerprint density at radius 2 is 1.70 bits per heavy atom. The van der Waals surface area contributed by atoms with Crippen molar-refractivity contribution >= 4 is 17.6 Å². The third kappa shape index (κ3) is 69.7. The van der Waals surface area contributed by atoms with E-state index >= 15 is 0 Å². The van der Waals surface area contributed by atoms with Crippen LogP contribution in [0.25, 0.3) is 0 Å². The van der Waals surface area contributed by atoms with E-state index in [4.69, 9.17) is 13.3 Å². The molecule has 0 aromatic rings. The molecule has 10 heavy (non-hydrogen) atoms. The number of hydrogen-bond acceptors (Lipinski definition) is 3. The van der Waals surface area contributed by atoms with Crippen molar-refractivity contribution in [3.63, 3.8) is 0 Å². The molecule has 0 aromatic heterocycles. The summed E-state index contributed by atoms with van der Waals surface area (Å²) in [7, 11) is 0. The summed E-state index contributed by atoms with van der Waals surface area (Å²) >= 11 is -2.86. The zero-order valence-electron chi connectivity index (χ0n) is 6.23. The molecule has 0 heterocycles. The number of rotatable bonds is 1. The molecule has 0 spiro atoms. The largest absolute Gasteiger partial charge is 1.00 e. The van der Waals surface area contributed by atoms with Crippen LogP contribution >= 0.6 is 0 Å². The number of aldehydes is 1. The summed E-state index contributed by atoms with van der Waals surface area (Å²) in [5, 5.41) is 0. The standard InChI is InChI=1S/C4H8O.Na.H2O3S/c1-4(2)3-5;;1-4(2)3/h3-4H,1-2H3;;(H2,1,2,3)/q;+1;/p-1. The Morgan fingerprint density at radius 1 is 1.60 bits per heavy atom. The van der Waals surface area contributed by atoms with Crippen molar-refractivity contribution in [3.8, 4) is 0 Å². The minimum atomic E-state index is -2.86. The maximum absolute atomic E-state index is 9.50. The molecule has 6 heteroatoms. The SMILES string of the molecule is CC(C)C=O.O=S([O-])O.[Na+]. The molecule has 1 N–H and O–H groups in total. The van der Waals surface area contributed by atoms with Gasteiger partial charge in [-0.05, 0) is 0 Å². The molecule has 0 saturated heterocycles. The van der Waals surface area contributed by atoms with Crippen molar-refractivity contribution in [3.05, 3.63) is 0 Å². The number of carbonyl (C=O) groups excluding carboxylic acids is 1. The second-order valence-electron chi connectivity index (χ2n) is 1.60. The summed E-state index contributed by atoms with van der Waals surface area (Å²) in [6.07, 6.45) is 0.917. The average Bonchev–Trinajstić information content (AvgIpc) is 1.65. The van der Waals surface area contributed by atoms with E-state index in [1.54, 1.807) is 0 Å². The van der Waals surface area contributed by atoms with Crippen LogP contribution < -0.4 is 29.6 Å². The van der Waals surface area contributed by atoms with Gasteiger partial charge in [0, 0.05) is 5.92 Å². The molecule has 0 rings (SSSR count). The van der Waals surface area contributed by atoms with Gasteiger partial charge in [0.15, 0.2) is 0 Å². The number of hydrogen-bond donors (Lipinski definition) is 1. The Hall–Kier alpha value is 0.740. The van der Waals surface area contributed by atoms with Gasteiger partial charge in [-0.2, -0.15) is 0 Å². The van der Waals surface area contributed by atoms with E-state index in [-0.39, 0.29) is 35.5 Å². The van der Waals surface area contributed by atoms with Crippen molar-refractivity contribution in [1.29, 1.82) is 0 Å².